The minimum Gasteiger partial charge on any atom is -0.460 e. The summed E-state index contributed by atoms with van der Waals surface area (Å²) in [6, 6.07) is 5.00. The summed E-state index contributed by atoms with van der Waals surface area (Å²) in [4.78, 5) is 12.4. The fourth-order valence-corrected chi connectivity index (χ4v) is 2.44. The highest BCUT2D eigenvalue weighted by Gasteiger charge is 2.19. The van der Waals surface area contributed by atoms with E-state index in [9.17, 15) is 4.79 Å². The van der Waals surface area contributed by atoms with Crippen molar-refractivity contribution in [2.24, 2.45) is 0 Å². The number of carbonyl (C=O) groups is 1. The predicted octanol–water partition coefficient (Wildman–Crippen LogP) is 1.71. The van der Waals surface area contributed by atoms with Crippen molar-refractivity contribution in [3.8, 4) is 11.5 Å². The Labute approximate surface area is 144 Å². The highest BCUT2D eigenvalue weighted by atomic mass is 16.5. The summed E-state index contributed by atoms with van der Waals surface area (Å²) in [6.07, 6.45) is 1.61. The molecule has 3 aromatic rings. The Kier molecular flexibility index (Phi) is 4.94. The fraction of sp³-hybridized carbons (Fsp3) is 0.375. The van der Waals surface area contributed by atoms with Crippen LogP contribution in [0.15, 0.2) is 28.9 Å². The lowest BCUT2D eigenvalue weighted by atomic mass is 10.2. The molecule has 0 saturated heterocycles. The summed E-state index contributed by atoms with van der Waals surface area (Å²) in [7, 11) is 1.63. The molecular formula is C16H20N6O3. The van der Waals surface area contributed by atoms with Gasteiger partial charge in [-0.05, 0) is 26.0 Å². The van der Waals surface area contributed by atoms with Gasteiger partial charge in [0, 0.05) is 19.7 Å². The number of ether oxygens (including phenoxy) is 1. The van der Waals surface area contributed by atoms with E-state index in [2.05, 4.69) is 25.7 Å². The Morgan fingerprint density at radius 2 is 2.32 bits per heavy atom. The first-order valence-corrected chi connectivity index (χ1v) is 7.88. The number of methoxy groups -OCH3 is 1. The van der Waals surface area contributed by atoms with Crippen LogP contribution in [0.2, 0.25) is 0 Å². The van der Waals surface area contributed by atoms with Crippen molar-refractivity contribution in [3.05, 3.63) is 41.8 Å². The number of furan rings is 1. The number of nitrogens with one attached hydrogen (secondary N) is 2. The van der Waals surface area contributed by atoms with Gasteiger partial charge in [0.2, 0.25) is 0 Å². The van der Waals surface area contributed by atoms with Crippen LogP contribution in [0.1, 0.15) is 35.0 Å². The zero-order chi connectivity index (χ0) is 17.8. The second kappa shape index (κ2) is 7.31. The molecule has 0 unspecified atom stereocenters. The molecule has 0 fully saturated rings. The molecule has 9 nitrogen and oxygen atoms in total. The van der Waals surface area contributed by atoms with Gasteiger partial charge in [0.25, 0.3) is 5.91 Å². The third-order valence-electron chi connectivity index (χ3n) is 3.73. The van der Waals surface area contributed by atoms with Crippen LogP contribution in [-0.4, -0.2) is 44.6 Å². The standard InChI is InChI=1S/C16H20N6O3/c1-10-4-5-14(25-10)12-8-13(20-19-12)16(23)18-11(2)15-21-17-9-22(15)6-7-24-3/h4-5,8-9,11H,6-7H2,1-3H3,(H,18,23)(H,19,20)/t11-/m0/s1. The average molecular weight is 344 g/mol. The molecule has 0 saturated carbocycles. The van der Waals surface area contributed by atoms with E-state index in [0.717, 1.165) is 5.76 Å². The summed E-state index contributed by atoms with van der Waals surface area (Å²) < 4.78 is 12.4. The predicted molar refractivity (Wildman–Crippen MR) is 88.8 cm³/mol. The van der Waals surface area contributed by atoms with Crippen molar-refractivity contribution in [2.75, 3.05) is 13.7 Å². The van der Waals surface area contributed by atoms with Crippen molar-refractivity contribution < 1.29 is 13.9 Å². The molecule has 3 heterocycles. The van der Waals surface area contributed by atoms with E-state index in [4.69, 9.17) is 9.15 Å². The normalized spacial score (nSPS) is 12.3. The number of hydrogen-bond donors (Lipinski definition) is 2. The van der Waals surface area contributed by atoms with Crippen molar-refractivity contribution in [2.45, 2.75) is 26.4 Å². The summed E-state index contributed by atoms with van der Waals surface area (Å²) in [5.74, 6) is 1.78. The summed E-state index contributed by atoms with van der Waals surface area (Å²) in [5, 5.41) is 17.7. The Hall–Kier alpha value is -2.94. The van der Waals surface area contributed by atoms with Crippen LogP contribution >= 0.6 is 0 Å². The molecule has 0 spiro atoms. The number of rotatable bonds is 7. The van der Waals surface area contributed by atoms with Crippen LogP contribution in [0.25, 0.3) is 11.5 Å². The maximum absolute atomic E-state index is 12.4. The van der Waals surface area contributed by atoms with Gasteiger partial charge < -0.3 is 19.0 Å². The Bertz CT molecular complexity index is 850. The number of aromatic nitrogens is 5. The van der Waals surface area contributed by atoms with Crippen LogP contribution < -0.4 is 5.32 Å². The maximum Gasteiger partial charge on any atom is 0.272 e. The molecule has 0 aliphatic heterocycles. The number of hydrogen-bond acceptors (Lipinski definition) is 6. The van der Waals surface area contributed by atoms with Gasteiger partial charge in [-0.25, -0.2) is 0 Å². The molecule has 3 rings (SSSR count). The molecule has 9 heteroatoms. The molecule has 132 valence electrons. The summed E-state index contributed by atoms with van der Waals surface area (Å²) in [6.45, 7) is 4.85. The van der Waals surface area contributed by atoms with Gasteiger partial charge in [-0.1, -0.05) is 0 Å². The van der Waals surface area contributed by atoms with E-state index in [1.807, 2.05) is 30.5 Å². The largest absolute Gasteiger partial charge is 0.460 e. The molecule has 1 atom stereocenters. The molecule has 25 heavy (non-hydrogen) atoms. The van der Waals surface area contributed by atoms with E-state index < -0.39 is 0 Å². The highest BCUT2D eigenvalue weighted by molar-refractivity contribution is 5.93. The highest BCUT2D eigenvalue weighted by Crippen LogP contribution is 2.20. The lowest BCUT2D eigenvalue weighted by Gasteiger charge is -2.13. The van der Waals surface area contributed by atoms with Crippen molar-refractivity contribution in [1.29, 1.82) is 0 Å². The lowest BCUT2D eigenvalue weighted by Crippen LogP contribution is -2.29. The topological polar surface area (TPSA) is 111 Å². The van der Waals surface area contributed by atoms with Crippen LogP contribution in [0.5, 0.6) is 0 Å². The maximum atomic E-state index is 12.4. The third-order valence-corrected chi connectivity index (χ3v) is 3.73. The minimum atomic E-state index is -0.321. The van der Waals surface area contributed by atoms with Gasteiger partial charge in [-0.15, -0.1) is 10.2 Å². The van der Waals surface area contributed by atoms with Crippen molar-refractivity contribution in [1.82, 2.24) is 30.3 Å². The van der Waals surface area contributed by atoms with Crippen molar-refractivity contribution in [3.63, 3.8) is 0 Å². The number of H-pyrrole nitrogens is 1. The molecule has 0 aliphatic rings. The molecular weight excluding hydrogens is 324 g/mol. The van der Waals surface area contributed by atoms with Gasteiger partial charge in [0.05, 0.1) is 12.6 Å². The van der Waals surface area contributed by atoms with E-state index in [0.29, 0.717) is 30.4 Å². The van der Waals surface area contributed by atoms with E-state index in [1.54, 1.807) is 19.5 Å². The average Bonchev–Trinajstić information content (AvgIpc) is 3.32. The molecule has 0 aliphatic carbocycles. The molecule has 0 aromatic carbocycles. The van der Waals surface area contributed by atoms with E-state index in [-0.39, 0.29) is 17.6 Å². The second-order valence-electron chi connectivity index (χ2n) is 5.65. The number of amides is 1. The monoisotopic (exact) mass is 344 g/mol. The van der Waals surface area contributed by atoms with Crippen molar-refractivity contribution >= 4 is 5.91 Å². The first-order chi connectivity index (χ1) is 12.1. The third kappa shape index (κ3) is 3.77. The smallest absolute Gasteiger partial charge is 0.272 e. The van der Waals surface area contributed by atoms with Crippen LogP contribution in [0, 0.1) is 6.92 Å². The number of aromatic amines is 1. The van der Waals surface area contributed by atoms with Crippen LogP contribution in [0.4, 0.5) is 0 Å². The van der Waals surface area contributed by atoms with E-state index >= 15 is 0 Å². The first-order valence-electron chi connectivity index (χ1n) is 7.88. The Balaban J connectivity index is 1.68. The fourth-order valence-electron chi connectivity index (χ4n) is 2.44. The second-order valence-corrected chi connectivity index (χ2v) is 5.65. The molecule has 2 N–H and O–H groups in total. The Morgan fingerprint density at radius 1 is 1.48 bits per heavy atom. The van der Waals surface area contributed by atoms with Gasteiger partial charge in [-0.3, -0.25) is 9.89 Å². The van der Waals surface area contributed by atoms with Gasteiger partial charge in [0.15, 0.2) is 17.3 Å². The zero-order valence-electron chi connectivity index (χ0n) is 14.3. The quantitative estimate of drug-likeness (QED) is 0.675. The molecule has 3 aromatic heterocycles. The zero-order valence-corrected chi connectivity index (χ0v) is 14.3. The number of nitrogens with zero attached hydrogens (tertiary/aromatic N) is 4. The summed E-state index contributed by atoms with van der Waals surface area (Å²) in [5.41, 5.74) is 0.924. The molecule has 0 bridgehead atoms. The van der Waals surface area contributed by atoms with Gasteiger partial charge in [-0.2, -0.15) is 5.10 Å². The number of carbonyl (C=O) groups excluding carboxylic acids is 1. The minimum absolute atomic E-state index is 0.277. The first kappa shape index (κ1) is 16.9. The van der Waals surface area contributed by atoms with Gasteiger partial charge in [0.1, 0.15) is 17.8 Å². The lowest BCUT2D eigenvalue weighted by molar-refractivity contribution is 0.0932. The SMILES string of the molecule is COCCn1cnnc1[C@H](C)NC(=O)c1cc(-c2ccc(C)o2)[nH]n1. The van der Waals surface area contributed by atoms with Crippen LogP contribution in [-0.2, 0) is 11.3 Å². The molecule has 0 radical (unpaired) electrons. The Morgan fingerprint density at radius 3 is 3.04 bits per heavy atom. The van der Waals surface area contributed by atoms with E-state index in [1.165, 1.54) is 0 Å². The van der Waals surface area contributed by atoms with Crippen LogP contribution in [0.3, 0.4) is 0 Å². The van der Waals surface area contributed by atoms with Gasteiger partial charge >= 0.3 is 0 Å². The molecule has 1 amide bonds. The summed E-state index contributed by atoms with van der Waals surface area (Å²) >= 11 is 0. The number of aryl methyl sites for hydroxylation is 1.